The zero-order chi connectivity index (χ0) is 21.3. The van der Waals surface area contributed by atoms with Gasteiger partial charge in [-0.15, -0.1) is 0 Å². The van der Waals surface area contributed by atoms with Gasteiger partial charge in [-0.3, -0.25) is 4.79 Å². The predicted molar refractivity (Wildman–Crippen MR) is 123 cm³/mol. The molecule has 0 radical (unpaired) electrons. The van der Waals surface area contributed by atoms with Crippen LogP contribution in [0.25, 0.3) is 5.70 Å². The molecule has 0 bridgehead atoms. The van der Waals surface area contributed by atoms with Crippen molar-refractivity contribution in [2.75, 3.05) is 13.3 Å². The Kier molecular flexibility index (Phi) is 4.16. The van der Waals surface area contributed by atoms with E-state index < -0.39 is 0 Å². The molecule has 1 unspecified atom stereocenters. The number of carbonyl (C=O) groups is 1. The second-order valence-corrected chi connectivity index (χ2v) is 10.5. The van der Waals surface area contributed by atoms with Crippen LogP contribution in [0.4, 0.5) is 0 Å². The van der Waals surface area contributed by atoms with Gasteiger partial charge in [-0.25, -0.2) is 0 Å². The van der Waals surface area contributed by atoms with E-state index in [9.17, 15) is 4.79 Å². The van der Waals surface area contributed by atoms with Gasteiger partial charge in [-0.1, -0.05) is 48.0 Å². The minimum Gasteiger partial charge on any atom is -0.454 e. The molecule has 0 saturated heterocycles. The van der Waals surface area contributed by atoms with Gasteiger partial charge < -0.3 is 14.4 Å². The minimum absolute atomic E-state index is 0.0357. The lowest BCUT2D eigenvalue weighted by atomic mass is 9.69. The molecule has 0 fully saturated rings. The Labute approximate surface area is 190 Å². The van der Waals surface area contributed by atoms with Crippen LogP contribution in [0.1, 0.15) is 49.3 Å². The Hall–Kier alpha value is -2.53. The van der Waals surface area contributed by atoms with Crippen molar-refractivity contribution in [2.45, 2.75) is 39.0 Å². The number of fused-ring (bicyclic) bond motifs is 5. The number of halogens is 1. The fraction of sp³-hybridized carbons (Fsp3) is 0.346. The van der Waals surface area contributed by atoms with Gasteiger partial charge in [0.1, 0.15) is 0 Å². The van der Waals surface area contributed by atoms with Gasteiger partial charge in [0.2, 0.25) is 6.79 Å². The number of benzene rings is 2. The van der Waals surface area contributed by atoms with E-state index in [0.717, 1.165) is 46.5 Å². The average Bonchev–Trinajstić information content (AvgIpc) is 3.18. The molecule has 158 valence electrons. The first-order valence-electron chi connectivity index (χ1n) is 10.8. The van der Waals surface area contributed by atoms with Gasteiger partial charge in [0, 0.05) is 45.9 Å². The molecule has 3 aliphatic heterocycles. The number of ketones is 1. The molecule has 4 nitrogen and oxygen atoms in total. The fourth-order valence-corrected chi connectivity index (χ4v) is 6.03. The normalized spacial score (nSPS) is 23.2. The van der Waals surface area contributed by atoms with Crippen molar-refractivity contribution in [3.05, 3.63) is 74.9 Å². The summed E-state index contributed by atoms with van der Waals surface area (Å²) in [6.45, 7) is 5.56. The first kappa shape index (κ1) is 19.2. The molecule has 4 aliphatic rings. The number of nitrogens with zero attached hydrogens (tertiary/aromatic N) is 1. The maximum atomic E-state index is 13.4. The maximum absolute atomic E-state index is 13.4. The van der Waals surface area contributed by atoms with Crippen molar-refractivity contribution in [3.8, 4) is 11.5 Å². The summed E-state index contributed by atoms with van der Waals surface area (Å²) < 4.78 is 12.3. The smallest absolute Gasteiger partial charge is 0.231 e. The molecule has 6 rings (SSSR count). The molecule has 0 spiro atoms. The number of Topliss-reactive ketones (excluding diaryl/α,β-unsaturated/α-hetero) is 1. The quantitative estimate of drug-likeness (QED) is 0.518. The third kappa shape index (κ3) is 2.97. The van der Waals surface area contributed by atoms with Crippen molar-refractivity contribution in [1.82, 2.24) is 4.90 Å². The third-order valence-electron chi connectivity index (χ3n) is 6.87. The Balaban J connectivity index is 1.57. The number of ether oxygens (including phenoxy) is 2. The summed E-state index contributed by atoms with van der Waals surface area (Å²) in [6.07, 6.45) is 4.72. The second-order valence-electron chi connectivity index (χ2n) is 9.62. The molecule has 31 heavy (non-hydrogen) atoms. The highest BCUT2D eigenvalue weighted by atomic mass is 79.9. The van der Waals surface area contributed by atoms with Crippen molar-refractivity contribution in [1.29, 1.82) is 0 Å². The number of rotatable bonds is 1. The molecule has 2 aromatic carbocycles. The first-order chi connectivity index (χ1) is 14.9. The molecule has 1 atom stereocenters. The monoisotopic (exact) mass is 477 g/mol. The van der Waals surface area contributed by atoms with Crippen molar-refractivity contribution in [3.63, 3.8) is 0 Å². The Morgan fingerprint density at radius 3 is 2.68 bits per heavy atom. The van der Waals surface area contributed by atoms with Crippen LogP contribution < -0.4 is 9.47 Å². The molecule has 0 saturated carbocycles. The topological polar surface area (TPSA) is 38.8 Å². The fourth-order valence-electron chi connectivity index (χ4n) is 5.50. The molecular weight excluding hydrogens is 454 g/mol. The summed E-state index contributed by atoms with van der Waals surface area (Å²) in [4.78, 5) is 15.8. The lowest BCUT2D eigenvalue weighted by molar-refractivity contribution is -0.118. The summed E-state index contributed by atoms with van der Waals surface area (Å²) in [5.74, 6) is 1.86. The molecule has 0 N–H and O–H groups in total. The summed E-state index contributed by atoms with van der Waals surface area (Å²) in [5, 5.41) is 0. The van der Waals surface area contributed by atoms with Crippen LogP contribution in [0.2, 0.25) is 0 Å². The van der Waals surface area contributed by atoms with E-state index in [-0.39, 0.29) is 23.9 Å². The standard InChI is InChI=1S/C26H24BrNO3/c1-26(2)12-21-25(22(29)13-26)18(16-5-3-4-6-19(16)27)10-20-17-11-24-23(30-14-31-24)9-15(17)7-8-28(20)21/h3-6,9-11,18H,7-8,12-14H2,1-2H3. The first-order valence-corrected chi connectivity index (χ1v) is 11.6. The van der Waals surface area contributed by atoms with Crippen LogP contribution >= 0.6 is 15.9 Å². The highest BCUT2D eigenvalue weighted by molar-refractivity contribution is 9.10. The Morgan fingerprint density at radius 1 is 1.10 bits per heavy atom. The van der Waals surface area contributed by atoms with Gasteiger partial charge in [0.15, 0.2) is 17.3 Å². The van der Waals surface area contributed by atoms with Crippen LogP contribution in [0.5, 0.6) is 11.5 Å². The summed E-state index contributed by atoms with van der Waals surface area (Å²) >= 11 is 3.74. The van der Waals surface area contributed by atoms with Crippen LogP contribution in [0.15, 0.2) is 58.2 Å². The van der Waals surface area contributed by atoms with Crippen molar-refractivity contribution in [2.24, 2.45) is 5.41 Å². The van der Waals surface area contributed by atoms with E-state index in [2.05, 4.69) is 71.1 Å². The van der Waals surface area contributed by atoms with Crippen LogP contribution in [-0.2, 0) is 11.2 Å². The molecule has 2 aromatic rings. The molecule has 0 amide bonds. The maximum Gasteiger partial charge on any atom is 0.231 e. The summed E-state index contributed by atoms with van der Waals surface area (Å²) in [6, 6.07) is 12.5. The van der Waals surface area contributed by atoms with E-state index in [4.69, 9.17) is 9.47 Å². The highest BCUT2D eigenvalue weighted by Crippen LogP contribution is 2.52. The molecule has 3 heterocycles. The van der Waals surface area contributed by atoms with Gasteiger partial charge in [-0.2, -0.15) is 0 Å². The highest BCUT2D eigenvalue weighted by Gasteiger charge is 2.43. The van der Waals surface area contributed by atoms with Gasteiger partial charge >= 0.3 is 0 Å². The largest absolute Gasteiger partial charge is 0.454 e. The lowest BCUT2D eigenvalue weighted by Gasteiger charge is -2.46. The van der Waals surface area contributed by atoms with Crippen LogP contribution in [0.3, 0.4) is 0 Å². The van der Waals surface area contributed by atoms with Gasteiger partial charge in [-0.05, 0) is 53.7 Å². The third-order valence-corrected chi connectivity index (χ3v) is 7.59. The lowest BCUT2D eigenvalue weighted by Crippen LogP contribution is -2.40. The molecule has 5 heteroatoms. The van der Waals surface area contributed by atoms with Crippen molar-refractivity contribution >= 4 is 27.4 Å². The number of allylic oxidation sites excluding steroid dienone is 3. The second kappa shape index (κ2) is 6.73. The van der Waals surface area contributed by atoms with Gasteiger partial charge in [0.25, 0.3) is 0 Å². The SMILES string of the molecule is CC1(C)CC(=O)C2=C(C1)N1CCc3cc4c(cc3C1=CC2c1ccccc1Br)OCO4. The van der Waals surface area contributed by atoms with E-state index in [1.165, 1.54) is 22.5 Å². The number of hydrogen-bond acceptors (Lipinski definition) is 4. The summed E-state index contributed by atoms with van der Waals surface area (Å²) in [5.41, 5.74) is 6.93. The summed E-state index contributed by atoms with van der Waals surface area (Å²) in [7, 11) is 0. The van der Waals surface area contributed by atoms with Crippen molar-refractivity contribution < 1.29 is 14.3 Å². The predicted octanol–water partition coefficient (Wildman–Crippen LogP) is 5.82. The molecule has 1 aliphatic carbocycles. The Bertz CT molecular complexity index is 1190. The van der Waals surface area contributed by atoms with E-state index in [1.54, 1.807) is 0 Å². The number of hydrogen-bond donors (Lipinski definition) is 0. The minimum atomic E-state index is -0.0585. The van der Waals surface area contributed by atoms with Gasteiger partial charge in [0.05, 0.1) is 0 Å². The number of carbonyl (C=O) groups excluding carboxylic acids is 1. The van der Waals surface area contributed by atoms with E-state index >= 15 is 0 Å². The van der Waals surface area contributed by atoms with Crippen LogP contribution in [-0.4, -0.2) is 24.0 Å². The van der Waals surface area contributed by atoms with E-state index in [1.807, 2.05) is 6.07 Å². The van der Waals surface area contributed by atoms with Crippen LogP contribution in [0, 0.1) is 5.41 Å². The van der Waals surface area contributed by atoms with E-state index in [0.29, 0.717) is 6.42 Å². The average molecular weight is 478 g/mol. The molecule has 0 aromatic heterocycles. The Morgan fingerprint density at radius 2 is 1.87 bits per heavy atom. The molecular formula is C26H24BrNO3. The zero-order valence-electron chi connectivity index (χ0n) is 17.7. The zero-order valence-corrected chi connectivity index (χ0v) is 19.3.